The monoisotopic (exact) mass is 412 g/mol. The zero-order valence-corrected chi connectivity index (χ0v) is 17.6. The van der Waals surface area contributed by atoms with E-state index in [2.05, 4.69) is 29.6 Å². The van der Waals surface area contributed by atoms with E-state index in [9.17, 15) is 14.3 Å². The van der Waals surface area contributed by atoms with Crippen LogP contribution in [0.3, 0.4) is 0 Å². The molecule has 3 rings (SSSR count). The minimum absolute atomic E-state index is 0.287. The van der Waals surface area contributed by atoms with Crippen molar-refractivity contribution >= 4 is 17.7 Å². The number of rotatable bonds is 8. The molecule has 0 unspecified atom stereocenters. The van der Waals surface area contributed by atoms with Crippen LogP contribution in [0, 0.1) is 19.7 Å². The lowest BCUT2D eigenvalue weighted by Gasteiger charge is -2.11. The van der Waals surface area contributed by atoms with Gasteiger partial charge in [0.25, 0.3) is 0 Å². The summed E-state index contributed by atoms with van der Waals surface area (Å²) in [7, 11) is 0. The summed E-state index contributed by atoms with van der Waals surface area (Å²) < 4.78 is 16.0. The molecular weight excluding hydrogens is 387 g/mol. The summed E-state index contributed by atoms with van der Waals surface area (Å²) in [4.78, 5) is 13.1. The molecule has 2 aromatic carbocycles. The van der Waals surface area contributed by atoms with Gasteiger partial charge in [-0.2, -0.15) is 0 Å². The molecule has 0 bridgehead atoms. The van der Waals surface area contributed by atoms with Crippen LogP contribution in [0.5, 0.6) is 0 Å². The number of benzene rings is 2. The van der Waals surface area contributed by atoms with Crippen molar-refractivity contribution in [1.29, 1.82) is 0 Å². The summed E-state index contributed by atoms with van der Waals surface area (Å²) in [6, 6.07) is 14.9. The van der Waals surface area contributed by atoms with Crippen molar-refractivity contribution < 1.29 is 14.3 Å². The van der Waals surface area contributed by atoms with E-state index in [1.54, 1.807) is 36.9 Å². The maximum Gasteiger partial charge on any atom is 0.337 e. The third kappa shape index (κ3) is 4.71. The number of carboxylic acids is 1. The lowest BCUT2D eigenvalue weighted by Crippen LogP contribution is -2.15. The first-order valence-electron chi connectivity index (χ1n) is 9.41. The van der Waals surface area contributed by atoms with E-state index in [-0.39, 0.29) is 5.82 Å². The number of carbonyl (C=O) groups is 1. The summed E-state index contributed by atoms with van der Waals surface area (Å²) >= 11 is 1.70. The Morgan fingerprint density at radius 3 is 2.38 bits per heavy atom. The third-order valence-electron chi connectivity index (χ3n) is 5.20. The van der Waals surface area contributed by atoms with Gasteiger partial charge in [-0.05, 0) is 43.9 Å². The van der Waals surface area contributed by atoms with Crippen LogP contribution in [0.4, 0.5) is 4.39 Å². The van der Waals surface area contributed by atoms with Crippen LogP contribution in [0.15, 0.2) is 53.4 Å². The zero-order chi connectivity index (χ0) is 21.0. The van der Waals surface area contributed by atoms with Crippen LogP contribution in [0.25, 0.3) is 0 Å². The van der Waals surface area contributed by atoms with Crippen molar-refractivity contribution in [3.63, 3.8) is 0 Å². The highest BCUT2D eigenvalue weighted by atomic mass is 32.2. The lowest BCUT2D eigenvalue weighted by molar-refractivity contribution is 0.0694. The summed E-state index contributed by atoms with van der Waals surface area (Å²) in [5, 5.41) is 13.1. The SMILES string of the molecule is CSc1ccc(CNCc2c(C(=O)O)c(C)n(Cc3ccccc3F)c2C)cc1. The number of thioether (sulfide) groups is 1. The van der Waals surface area contributed by atoms with Gasteiger partial charge in [-0.1, -0.05) is 30.3 Å². The second kappa shape index (κ2) is 9.29. The highest BCUT2D eigenvalue weighted by molar-refractivity contribution is 7.98. The predicted octanol–water partition coefficient (Wildman–Crippen LogP) is 5.00. The van der Waals surface area contributed by atoms with E-state index in [1.807, 2.05) is 17.7 Å². The quantitative estimate of drug-likeness (QED) is 0.511. The second-order valence-electron chi connectivity index (χ2n) is 6.96. The molecule has 3 aromatic rings. The van der Waals surface area contributed by atoms with Crippen molar-refractivity contribution in [2.24, 2.45) is 0 Å². The Hall–Kier alpha value is -2.57. The third-order valence-corrected chi connectivity index (χ3v) is 5.94. The summed E-state index contributed by atoms with van der Waals surface area (Å²) in [6.07, 6.45) is 2.04. The first-order valence-corrected chi connectivity index (χ1v) is 10.6. The molecule has 0 saturated heterocycles. The Labute approximate surface area is 174 Å². The van der Waals surface area contributed by atoms with Crippen LogP contribution in [-0.4, -0.2) is 21.9 Å². The molecule has 0 aliphatic heterocycles. The number of halogens is 1. The molecule has 4 nitrogen and oxygen atoms in total. The maximum absolute atomic E-state index is 14.1. The normalized spacial score (nSPS) is 11.0. The molecule has 1 heterocycles. The van der Waals surface area contributed by atoms with E-state index in [4.69, 9.17) is 0 Å². The molecule has 0 aliphatic carbocycles. The number of carboxylic acid groups (broad SMARTS) is 1. The van der Waals surface area contributed by atoms with Gasteiger partial charge in [0.05, 0.1) is 12.1 Å². The Kier molecular flexibility index (Phi) is 6.77. The Morgan fingerprint density at radius 2 is 1.76 bits per heavy atom. The molecule has 0 spiro atoms. The minimum Gasteiger partial charge on any atom is -0.478 e. The van der Waals surface area contributed by atoms with Crippen molar-refractivity contribution in [3.8, 4) is 0 Å². The van der Waals surface area contributed by atoms with E-state index < -0.39 is 5.97 Å². The van der Waals surface area contributed by atoms with Crippen LogP contribution < -0.4 is 5.32 Å². The number of nitrogens with zero attached hydrogens (tertiary/aromatic N) is 1. The molecule has 0 radical (unpaired) electrons. The Balaban J connectivity index is 1.81. The van der Waals surface area contributed by atoms with Gasteiger partial charge in [0, 0.05) is 40.5 Å². The molecular formula is C23H25FN2O2S. The van der Waals surface area contributed by atoms with Gasteiger partial charge >= 0.3 is 5.97 Å². The van der Waals surface area contributed by atoms with Crippen molar-refractivity contribution in [1.82, 2.24) is 9.88 Å². The predicted molar refractivity (Wildman–Crippen MR) is 115 cm³/mol. The van der Waals surface area contributed by atoms with E-state index in [1.165, 1.54) is 11.0 Å². The number of hydrogen-bond donors (Lipinski definition) is 2. The topological polar surface area (TPSA) is 54.3 Å². The fraction of sp³-hybridized carbons (Fsp3) is 0.261. The summed E-state index contributed by atoms with van der Waals surface area (Å²) in [5.41, 5.74) is 4.20. The van der Waals surface area contributed by atoms with Crippen LogP contribution >= 0.6 is 11.8 Å². The highest BCUT2D eigenvalue weighted by Crippen LogP contribution is 2.25. The second-order valence-corrected chi connectivity index (χ2v) is 7.84. The van der Waals surface area contributed by atoms with Crippen molar-refractivity contribution in [3.05, 3.63) is 88.0 Å². The Morgan fingerprint density at radius 1 is 1.07 bits per heavy atom. The standard InChI is InChI=1S/C23H25FN2O2S/c1-15-20(13-25-12-17-8-10-19(29-3)11-9-17)22(23(27)28)16(2)26(15)14-18-6-4-5-7-21(18)24/h4-11,25H,12-14H2,1-3H3,(H,27,28). The van der Waals surface area contributed by atoms with Gasteiger partial charge in [0.2, 0.25) is 0 Å². The number of nitrogens with one attached hydrogen (secondary N) is 1. The van der Waals surface area contributed by atoms with Crippen LogP contribution in [0.2, 0.25) is 0 Å². The number of hydrogen-bond acceptors (Lipinski definition) is 3. The molecule has 1 aromatic heterocycles. The highest BCUT2D eigenvalue weighted by Gasteiger charge is 2.22. The van der Waals surface area contributed by atoms with E-state index in [0.717, 1.165) is 16.8 Å². The van der Waals surface area contributed by atoms with Gasteiger partial charge < -0.3 is 15.0 Å². The molecule has 152 valence electrons. The molecule has 2 N–H and O–H groups in total. The van der Waals surface area contributed by atoms with Crippen molar-refractivity contribution in [2.75, 3.05) is 6.26 Å². The Bertz CT molecular complexity index is 1010. The van der Waals surface area contributed by atoms with Gasteiger partial charge in [0.1, 0.15) is 5.82 Å². The zero-order valence-electron chi connectivity index (χ0n) is 16.8. The smallest absolute Gasteiger partial charge is 0.337 e. The van der Waals surface area contributed by atoms with Crippen LogP contribution in [-0.2, 0) is 19.6 Å². The largest absolute Gasteiger partial charge is 0.478 e. The molecule has 6 heteroatoms. The average Bonchev–Trinajstić information content (AvgIpc) is 2.94. The first kappa shape index (κ1) is 21.1. The average molecular weight is 413 g/mol. The maximum atomic E-state index is 14.1. The first-order chi connectivity index (χ1) is 13.9. The van der Waals surface area contributed by atoms with E-state index >= 15 is 0 Å². The van der Waals surface area contributed by atoms with Crippen molar-refractivity contribution in [2.45, 2.75) is 38.4 Å². The summed E-state index contributed by atoms with van der Waals surface area (Å²) in [6.45, 7) is 5.06. The molecule has 0 amide bonds. The van der Waals surface area contributed by atoms with Crippen LogP contribution in [0.1, 0.15) is 38.4 Å². The molecule has 0 fully saturated rings. The van der Waals surface area contributed by atoms with Gasteiger partial charge in [0.15, 0.2) is 0 Å². The lowest BCUT2D eigenvalue weighted by atomic mass is 10.1. The van der Waals surface area contributed by atoms with Gasteiger partial charge in [-0.3, -0.25) is 0 Å². The van der Waals surface area contributed by atoms with E-state index in [0.29, 0.717) is 36.5 Å². The minimum atomic E-state index is -0.959. The fourth-order valence-corrected chi connectivity index (χ4v) is 3.97. The molecule has 0 saturated carbocycles. The molecule has 0 atom stereocenters. The van der Waals surface area contributed by atoms with Gasteiger partial charge in [-0.25, -0.2) is 9.18 Å². The fourth-order valence-electron chi connectivity index (χ4n) is 3.56. The molecule has 0 aliphatic rings. The summed E-state index contributed by atoms with van der Waals surface area (Å²) in [5.74, 6) is -1.25. The van der Waals surface area contributed by atoms with Gasteiger partial charge in [-0.15, -0.1) is 11.8 Å². The number of aromatic carboxylic acids is 1. The molecule has 29 heavy (non-hydrogen) atoms. The number of aromatic nitrogens is 1.